The lowest BCUT2D eigenvalue weighted by Gasteiger charge is -2.17. The number of nitrogens with two attached hydrogens (primary N) is 1. The monoisotopic (exact) mass is 260 g/mol. The van der Waals surface area contributed by atoms with Crippen LogP contribution in [0.15, 0.2) is 24.5 Å². The summed E-state index contributed by atoms with van der Waals surface area (Å²) in [6.07, 6.45) is 14.8. The minimum Gasteiger partial charge on any atom is -0.388 e. The first-order valence-electron chi connectivity index (χ1n) is 7.31. The van der Waals surface area contributed by atoms with Crippen molar-refractivity contribution < 1.29 is 5.11 Å². The minimum atomic E-state index is -0.500. The molecule has 1 aliphatic rings. The molecule has 1 aromatic rings. The SMILES string of the molecule is NCCC(O)c1cncc(C=CC2CCCCC2)c1. The lowest BCUT2D eigenvalue weighted by atomic mass is 9.89. The van der Waals surface area contributed by atoms with E-state index in [-0.39, 0.29) is 0 Å². The average molecular weight is 260 g/mol. The van der Waals surface area contributed by atoms with Crippen molar-refractivity contribution in [3.8, 4) is 0 Å². The second kappa shape index (κ2) is 7.41. The predicted molar refractivity (Wildman–Crippen MR) is 78.5 cm³/mol. The van der Waals surface area contributed by atoms with Gasteiger partial charge in [-0.1, -0.05) is 31.4 Å². The van der Waals surface area contributed by atoms with Crippen LogP contribution in [-0.2, 0) is 0 Å². The van der Waals surface area contributed by atoms with Gasteiger partial charge in [0.25, 0.3) is 0 Å². The molecule has 1 aromatic heterocycles. The number of pyridine rings is 1. The molecule has 3 heteroatoms. The van der Waals surface area contributed by atoms with Gasteiger partial charge >= 0.3 is 0 Å². The van der Waals surface area contributed by atoms with Gasteiger partial charge in [0.1, 0.15) is 0 Å². The third-order valence-corrected chi connectivity index (χ3v) is 3.82. The van der Waals surface area contributed by atoms with E-state index in [0.717, 1.165) is 11.1 Å². The van der Waals surface area contributed by atoms with Crippen molar-refractivity contribution in [3.63, 3.8) is 0 Å². The quantitative estimate of drug-likeness (QED) is 0.855. The fourth-order valence-electron chi connectivity index (χ4n) is 2.65. The summed E-state index contributed by atoms with van der Waals surface area (Å²) in [6.45, 7) is 0.489. The molecule has 0 aliphatic heterocycles. The van der Waals surface area contributed by atoms with Gasteiger partial charge in [-0.05, 0) is 48.9 Å². The summed E-state index contributed by atoms with van der Waals surface area (Å²) in [5.41, 5.74) is 7.39. The molecule has 0 saturated heterocycles. The van der Waals surface area contributed by atoms with E-state index < -0.39 is 6.10 Å². The third-order valence-electron chi connectivity index (χ3n) is 3.82. The zero-order valence-corrected chi connectivity index (χ0v) is 11.5. The van der Waals surface area contributed by atoms with Gasteiger partial charge in [-0.2, -0.15) is 0 Å². The third kappa shape index (κ3) is 4.44. The molecule has 1 atom stereocenters. The smallest absolute Gasteiger partial charge is 0.0817 e. The van der Waals surface area contributed by atoms with Crippen molar-refractivity contribution in [3.05, 3.63) is 35.7 Å². The summed E-state index contributed by atoms with van der Waals surface area (Å²) in [5, 5.41) is 9.92. The molecule has 1 aliphatic carbocycles. The zero-order chi connectivity index (χ0) is 13.5. The van der Waals surface area contributed by atoms with Crippen LogP contribution in [0.25, 0.3) is 6.08 Å². The molecule has 19 heavy (non-hydrogen) atoms. The predicted octanol–water partition coefficient (Wildman–Crippen LogP) is 3.06. The number of aliphatic hydroxyl groups excluding tert-OH is 1. The first-order chi connectivity index (χ1) is 9.29. The average Bonchev–Trinajstić information content (AvgIpc) is 2.47. The Labute approximate surface area is 115 Å². The first-order valence-corrected chi connectivity index (χ1v) is 7.31. The summed E-state index contributed by atoms with van der Waals surface area (Å²) in [6, 6.07) is 2.01. The van der Waals surface area contributed by atoms with Gasteiger partial charge < -0.3 is 10.8 Å². The number of nitrogens with zero attached hydrogens (tertiary/aromatic N) is 1. The number of hydrogen-bond acceptors (Lipinski definition) is 3. The summed E-state index contributed by atoms with van der Waals surface area (Å²) in [5.74, 6) is 0.714. The highest BCUT2D eigenvalue weighted by molar-refractivity contribution is 5.49. The number of hydrogen-bond donors (Lipinski definition) is 2. The van der Waals surface area contributed by atoms with Crippen LogP contribution in [0, 0.1) is 5.92 Å². The van der Waals surface area contributed by atoms with Gasteiger partial charge in [0.2, 0.25) is 0 Å². The molecule has 3 N–H and O–H groups in total. The molecule has 1 heterocycles. The van der Waals surface area contributed by atoms with E-state index in [4.69, 9.17) is 5.73 Å². The van der Waals surface area contributed by atoms with Crippen LogP contribution in [0.4, 0.5) is 0 Å². The molecule has 0 spiro atoms. The fraction of sp³-hybridized carbons (Fsp3) is 0.562. The summed E-state index contributed by atoms with van der Waals surface area (Å²) >= 11 is 0. The highest BCUT2D eigenvalue weighted by atomic mass is 16.3. The second-order valence-electron chi connectivity index (χ2n) is 5.40. The fourth-order valence-corrected chi connectivity index (χ4v) is 2.65. The Morgan fingerprint density at radius 1 is 1.32 bits per heavy atom. The number of rotatable bonds is 5. The molecule has 1 fully saturated rings. The van der Waals surface area contributed by atoms with Gasteiger partial charge in [0.15, 0.2) is 0 Å². The summed E-state index contributed by atoms with van der Waals surface area (Å²) in [7, 11) is 0. The van der Waals surface area contributed by atoms with Crippen LogP contribution >= 0.6 is 0 Å². The normalized spacial score (nSPS) is 18.8. The number of aromatic nitrogens is 1. The Morgan fingerprint density at radius 2 is 2.11 bits per heavy atom. The molecule has 1 unspecified atom stereocenters. The molecule has 0 amide bonds. The van der Waals surface area contributed by atoms with Gasteiger partial charge in [0, 0.05) is 12.4 Å². The number of allylic oxidation sites excluding steroid dienone is 1. The highest BCUT2D eigenvalue weighted by Gasteiger charge is 2.10. The molecule has 104 valence electrons. The van der Waals surface area contributed by atoms with E-state index in [1.54, 1.807) is 6.20 Å². The van der Waals surface area contributed by atoms with Crippen LogP contribution in [0.2, 0.25) is 0 Å². The topological polar surface area (TPSA) is 59.1 Å². The molecule has 2 rings (SSSR count). The van der Waals surface area contributed by atoms with E-state index >= 15 is 0 Å². The maximum atomic E-state index is 9.92. The standard InChI is InChI=1S/C16H24N2O/c17-9-8-16(19)15-10-14(11-18-12-15)7-6-13-4-2-1-3-5-13/h6-7,10-13,16,19H,1-5,8-9,17H2. The van der Waals surface area contributed by atoms with E-state index in [0.29, 0.717) is 18.9 Å². The molecule has 0 aromatic carbocycles. The van der Waals surface area contributed by atoms with Crippen LogP contribution in [-0.4, -0.2) is 16.6 Å². The van der Waals surface area contributed by atoms with Crippen LogP contribution in [0.5, 0.6) is 0 Å². The highest BCUT2D eigenvalue weighted by Crippen LogP contribution is 2.25. The second-order valence-corrected chi connectivity index (χ2v) is 5.40. The van der Waals surface area contributed by atoms with E-state index in [2.05, 4.69) is 17.1 Å². The molecular formula is C16H24N2O. The van der Waals surface area contributed by atoms with Crippen molar-refractivity contribution in [2.75, 3.05) is 6.54 Å². The molecule has 0 bridgehead atoms. The van der Waals surface area contributed by atoms with Crippen molar-refractivity contribution in [1.29, 1.82) is 0 Å². The Morgan fingerprint density at radius 3 is 2.84 bits per heavy atom. The molecular weight excluding hydrogens is 236 g/mol. The van der Waals surface area contributed by atoms with Gasteiger partial charge in [-0.3, -0.25) is 4.98 Å². The number of aliphatic hydroxyl groups is 1. The summed E-state index contributed by atoms with van der Waals surface area (Å²) < 4.78 is 0. The van der Waals surface area contributed by atoms with E-state index in [1.807, 2.05) is 12.3 Å². The molecule has 0 radical (unpaired) electrons. The van der Waals surface area contributed by atoms with E-state index in [1.165, 1.54) is 32.1 Å². The summed E-state index contributed by atoms with van der Waals surface area (Å²) in [4.78, 5) is 4.20. The molecule has 1 saturated carbocycles. The van der Waals surface area contributed by atoms with Gasteiger partial charge in [-0.25, -0.2) is 0 Å². The van der Waals surface area contributed by atoms with Crippen molar-refractivity contribution in [2.45, 2.75) is 44.6 Å². The Bertz CT molecular complexity index is 411. The van der Waals surface area contributed by atoms with Crippen molar-refractivity contribution in [2.24, 2.45) is 11.7 Å². The lowest BCUT2D eigenvalue weighted by Crippen LogP contribution is -2.07. The van der Waals surface area contributed by atoms with E-state index in [9.17, 15) is 5.11 Å². The van der Waals surface area contributed by atoms with Crippen LogP contribution in [0.3, 0.4) is 0 Å². The Kier molecular flexibility index (Phi) is 5.55. The van der Waals surface area contributed by atoms with Gasteiger partial charge in [-0.15, -0.1) is 0 Å². The van der Waals surface area contributed by atoms with Crippen molar-refractivity contribution in [1.82, 2.24) is 4.98 Å². The lowest BCUT2D eigenvalue weighted by molar-refractivity contribution is 0.170. The first kappa shape index (κ1) is 14.2. The van der Waals surface area contributed by atoms with Crippen molar-refractivity contribution >= 4 is 6.08 Å². The van der Waals surface area contributed by atoms with Gasteiger partial charge in [0.05, 0.1) is 6.10 Å². The Hall–Kier alpha value is -1.19. The zero-order valence-electron chi connectivity index (χ0n) is 11.5. The maximum absolute atomic E-state index is 9.92. The minimum absolute atomic E-state index is 0.489. The maximum Gasteiger partial charge on any atom is 0.0817 e. The molecule has 3 nitrogen and oxygen atoms in total. The van der Waals surface area contributed by atoms with Crippen LogP contribution < -0.4 is 5.73 Å². The van der Waals surface area contributed by atoms with Crippen LogP contribution in [0.1, 0.15) is 55.8 Å². The largest absolute Gasteiger partial charge is 0.388 e. The Balaban J connectivity index is 1.99.